The highest BCUT2D eigenvalue weighted by Crippen LogP contribution is 2.34. The molecular weight excluding hydrogens is 530 g/mol. The summed E-state index contributed by atoms with van der Waals surface area (Å²) in [6.45, 7) is 7.00. The highest BCUT2D eigenvalue weighted by Gasteiger charge is 2.25. The van der Waals surface area contributed by atoms with E-state index in [1.165, 1.54) is 16.6 Å². The summed E-state index contributed by atoms with van der Waals surface area (Å²) in [5, 5.41) is 1.29. The lowest BCUT2D eigenvalue weighted by Crippen LogP contribution is -2.30. The van der Waals surface area contributed by atoms with E-state index < -0.39 is 0 Å². The Morgan fingerprint density at radius 3 is 2.59 bits per heavy atom. The average Bonchev–Trinajstić information content (AvgIpc) is 3.21. The second kappa shape index (κ2) is 9.77. The van der Waals surface area contributed by atoms with Crippen molar-refractivity contribution in [3.63, 3.8) is 0 Å². The maximum atomic E-state index is 13.9. The average molecular weight is 555 g/mol. The molecule has 34 heavy (non-hydrogen) atoms. The van der Waals surface area contributed by atoms with Gasteiger partial charge in [0.2, 0.25) is 0 Å². The first-order valence-corrected chi connectivity index (χ1v) is 13.8. The minimum atomic E-state index is -0.0464. The lowest BCUT2D eigenvalue weighted by atomic mass is 10.1. The molecule has 0 amide bonds. The molecule has 0 spiro atoms. The van der Waals surface area contributed by atoms with Crippen LogP contribution in [0.2, 0.25) is 0 Å². The van der Waals surface area contributed by atoms with Gasteiger partial charge in [0.1, 0.15) is 4.83 Å². The molecule has 1 aliphatic heterocycles. The Morgan fingerprint density at radius 2 is 1.88 bits per heavy atom. The summed E-state index contributed by atoms with van der Waals surface area (Å²) in [5.41, 5.74) is 3.64. The number of thioether (sulfide) groups is 1. The second-order valence-corrected chi connectivity index (χ2v) is 11.3. The molecule has 2 aromatic heterocycles. The lowest BCUT2D eigenvalue weighted by Gasteiger charge is -2.25. The molecule has 0 saturated heterocycles. The number of aryl methyl sites for hydroxylation is 1. The minimum Gasteiger partial charge on any atom is -0.298 e. The van der Waals surface area contributed by atoms with Crippen molar-refractivity contribution in [2.24, 2.45) is 0 Å². The topological polar surface area (TPSA) is 55.2 Å². The molecule has 0 N–H and O–H groups in total. The Kier molecular flexibility index (Phi) is 6.75. The molecule has 0 saturated carbocycles. The highest BCUT2D eigenvalue weighted by atomic mass is 79.9. The molecule has 3 heterocycles. The van der Waals surface area contributed by atoms with Gasteiger partial charge in [0, 0.05) is 28.0 Å². The molecular formula is C26H24BrN3O2S2. The van der Waals surface area contributed by atoms with E-state index in [4.69, 9.17) is 4.98 Å². The van der Waals surface area contributed by atoms with E-state index in [0.29, 0.717) is 10.7 Å². The van der Waals surface area contributed by atoms with E-state index >= 15 is 0 Å². The molecule has 0 radical (unpaired) electrons. The predicted octanol–water partition coefficient (Wildman–Crippen LogP) is 5.87. The summed E-state index contributed by atoms with van der Waals surface area (Å²) in [4.78, 5) is 36.1. The van der Waals surface area contributed by atoms with Crippen LogP contribution in [0.1, 0.15) is 33.3 Å². The molecule has 174 valence electrons. The van der Waals surface area contributed by atoms with Gasteiger partial charge in [-0.2, -0.15) is 0 Å². The van der Waals surface area contributed by atoms with Crippen molar-refractivity contribution < 1.29 is 4.79 Å². The number of likely N-dealkylation sites (N-methyl/N-ethyl adjacent to an activating group) is 1. The third-order valence-electron chi connectivity index (χ3n) is 6.16. The number of hydrogen-bond acceptors (Lipinski definition) is 6. The number of fused-ring (bicyclic) bond motifs is 3. The van der Waals surface area contributed by atoms with Crippen LogP contribution in [0.4, 0.5) is 0 Å². The van der Waals surface area contributed by atoms with Crippen LogP contribution < -0.4 is 5.56 Å². The Balaban J connectivity index is 1.58. The monoisotopic (exact) mass is 553 g/mol. The maximum Gasteiger partial charge on any atom is 0.267 e. The van der Waals surface area contributed by atoms with E-state index in [0.717, 1.165) is 57.6 Å². The minimum absolute atomic E-state index is 0.00589. The lowest BCUT2D eigenvalue weighted by molar-refractivity contribution is 0.102. The molecule has 2 aromatic carbocycles. The van der Waals surface area contributed by atoms with Crippen LogP contribution in [-0.4, -0.2) is 39.1 Å². The normalized spacial score (nSPS) is 13.9. The molecule has 0 fully saturated rings. The van der Waals surface area contributed by atoms with Crippen LogP contribution in [0, 0.1) is 6.92 Å². The first-order chi connectivity index (χ1) is 16.4. The summed E-state index contributed by atoms with van der Waals surface area (Å²) in [6.07, 6.45) is 0.864. The number of rotatable bonds is 6. The summed E-state index contributed by atoms with van der Waals surface area (Å²) in [6, 6.07) is 15.2. The van der Waals surface area contributed by atoms with Gasteiger partial charge in [-0.15, -0.1) is 11.3 Å². The van der Waals surface area contributed by atoms with E-state index in [9.17, 15) is 9.59 Å². The fourth-order valence-electron chi connectivity index (χ4n) is 4.21. The molecule has 4 aromatic rings. The van der Waals surface area contributed by atoms with Gasteiger partial charge in [0.15, 0.2) is 10.9 Å². The van der Waals surface area contributed by atoms with Crippen molar-refractivity contribution in [1.29, 1.82) is 0 Å². The number of benzene rings is 2. The number of carbonyl (C=O) groups is 1. The summed E-state index contributed by atoms with van der Waals surface area (Å²) >= 11 is 6.34. The first kappa shape index (κ1) is 23.5. The van der Waals surface area contributed by atoms with E-state index in [-0.39, 0.29) is 17.1 Å². The standard InChI is InChI=1S/C26H24BrN3O2S2/c1-3-29-13-12-20-22(14-29)34-24-23(20)25(32)30(19-10-4-16(2)5-11-19)26(28-24)33-15-21(31)17-6-8-18(27)9-7-17/h4-11H,3,12-15H2,1-2H3. The Bertz CT molecular complexity index is 1430. The van der Waals surface area contributed by atoms with Crippen LogP contribution in [-0.2, 0) is 13.0 Å². The summed E-state index contributed by atoms with van der Waals surface area (Å²) in [5.74, 6) is 0.214. The van der Waals surface area contributed by atoms with Crippen molar-refractivity contribution in [3.8, 4) is 5.69 Å². The molecule has 0 aliphatic carbocycles. The summed E-state index contributed by atoms with van der Waals surface area (Å²) in [7, 11) is 0. The predicted molar refractivity (Wildman–Crippen MR) is 144 cm³/mol. The van der Waals surface area contributed by atoms with Crippen molar-refractivity contribution in [1.82, 2.24) is 14.5 Å². The van der Waals surface area contributed by atoms with Gasteiger partial charge in [0.25, 0.3) is 5.56 Å². The fraction of sp³-hybridized carbons (Fsp3) is 0.269. The molecule has 5 nitrogen and oxygen atoms in total. The van der Waals surface area contributed by atoms with Crippen molar-refractivity contribution in [3.05, 3.63) is 84.9 Å². The zero-order valence-corrected chi connectivity index (χ0v) is 22.2. The third-order valence-corrected chi connectivity index (χ3v) is 8.74. The zero-order chi connectivity index (χ0) is 23.8. The summed E-state index contributed by atoms with van der Waals surface area (Å²) < 4.78 is 2.61. The van der Waals surface area contributed by atoms with Gasteiger partial charge in [-0.05, 0) is 49.7 Å². The van der Waals surface area contributed by atoms with Gasteiger partial charge in [0.05, 0.1) is 16.8 Å². The van der Waals surface area contributed by atoms with Crippen LogP contribution in [0.25, 0.3) is 15.9 Å². The van der Waals surface area contributed by atoms with Gasteiger partial charge in [-0.1, -0.05) is 64.4 Å². The maximum absolute atomic E-state index is 13.9. The number of thiophene rings is 1. The van der Waals surface area contributed by atoms with Crippen LogP contribution in [0.15, 0.2) is 63.0 Å². The number of halogens is 1. The molecule has 0 bridgehead atoms. The van der Waals surface area contributed by atoms with Gasteiger partial charge >= 0.3 is 0 Å². The smallest absolute Gasteiger partial charge is 0.267 e. The van der Waals surface area contributed by atoms with Gasteiger partial charge in [-0.25, -0.2) is 4.98 Å². The largest absolute Gasteiger partial charge is 0.298 e. The molecule has 1 aliphatic rings. The fourth-order valence-corrected chi connectivity index (χ4v) is 6.69. The molecule has 5 rings (SSSR count). The van der Waals surface area contributed by atoms with Crippen molar-refractivity contribution in [2.45, 2.75) is 32.0 Å². The number of aromatic nitrogens is 2. The van der Waals surface area contributed by atoms with Gasteiger partial charge in [-0.3, -0.25) is 19.1 Å². The Hall–Kier alpha value is -2.26. The highest BCUT2D eigenvalue weighted by molar-refractivity contribution is 9.10. The van der Waals surface area contributed by atoms with Crippen LogP contribution in [0.5, 0.6) is 0 Å². The molecule has 0 atom stereocenters. The second-order valence-electron chi connectivity index (χ2n) is 8.39. The number of nitrogens with zero attached hydrogens (tertiary/aromatic N) is 3. The number of hydrogen-bond donors (Lipinski definition) is 0. The van der Waals surface area contributed by atoms with Crippen molar-refractivity contribution in [2.75, 3.05) is 18.8 Å². The Morgan fingerprint density at radius 1 is 1.15 bits per heavy atom. The Labute approximate surface area is 215 Å². The molecule has 8 heteroatoms. The number of ketones is 1. The third kappa shape index (κ3) is 4.52. The molecule has 0 unspecified atom stereocenters. The van der Waals surface area contributed by atoms with Crippen molar-refractivity contribution >= 4 is 55.0 Å². The van der Waals surface area contributed by atoms with E-state index in [1.807, 2.05) is 55.5 Å². The first-order valence-electron chi connectivity index (χ1n) is 11.2. The van der Waals surface area contributed by atoms with Gasteiger partial charge < -0.3 is 0 Å². The van der Waals surface area contributed by atoms with Crippen LogP contribution >= 0.6 is 39.0 Å². The quantitative estimate of drug-likeness (QED) is 0.170. The zero-order valence-electron chi connectivity index (χ0n) is 19.0. The number of Topliss-reactive ketones (excluding diaryl/α,β-unsaturated/α-hetero) is 1. The van der Waals surface area contributed by atoms with E-state index in [1.54, 1.807) is 15.9 Å². The van der Waals surface area contributed by atoms with E-state index in [2.05, 4.69) is 27.8 Å². The SMILES string of the molecule is CCN1CCc2c(sc3nc(SCC(=O)c4ccc(Br)cc4)n(-c4ccc(C)cc4)c(=O)c23)C1. The van der Waals surface area contributed by atoms with Crippen LogP contribution in [0.3, 0.4) is 0 Å². The number of carbonyl (C=O) groups excluding carboxylic acids is 1.